The molecule has 0 aromatic carbocycles. The number of hydrogen-bond donors (Lipinski definition) is 2. The monoisotopic (exact) mass is 213 g/mol. The van der Waals surface area contributed by atoms with Crippen LogP contribution >= 0.6 is 0 Å². The Hall–Kier alpha value is -0.610. The Morgan fingerprint density at radius 1 is 1.53 bits per heavy atom. The lowest BCUT2D eigenvalue weighted by Crippen LogP contribution is -2.41. The average Bonchev–Trinajstić information content (AvgIpc) is 2.20. The van der Waals surface area contributed by atoms with Gasteiger partial charge in [-0.05, 0) is 38.8 Å². The second-order valence-electron chi connectivity index (χ2n) is 4.60. The van der Waals surface area contributed by atoms with E-state index in [9.17, 15) is 4.79 Å². The molecule has 15 heavy (non-hydrogen) atoms. The minimum atomic E-state index is 0.167. The van der Waals surface area contributed by atoms with Crippen molar-refractivity contribution in [1.29, 1.82) is 0 Å². The molecule has 1 unspecified atom stereocenters. The first-order chi connectivity index (χ1) is 7.11. The zero-order valence-electron chi connectivity index (χ0n) is 9.83. The Morgan fingerprint density at radius 3 is 2.60 bits per heavy atom. The predicted octanol–water partition coefficient (Wildman–Crippen LogP) is 0.182. The molecule has 88 valence electrons. The maximum Gasteiger partial charge on any atom is 0.220 e. The summed E-state index contributed by atoms with van der Waals surface area (Å²) >= 11 is 0. The lowest BCUT2D eigenvalue weighted by Gasteiger charge is -2.32. The van der Waals surface area contributed by atoms with E-state index in [1.54, 1.807) is 7.05 Å². The smallest absolute Gasteiger partial charge is 0.220 e. The van der Waals surface area contributed by atoms with E-state index in [1.165, 1.54) is 0 Å². The second-order valence-corrected chi connectivity index (χ2v) is 4.60. The van der Waals surface area contributed by atoms with Gasteiger partial charge in [-0.15, -0.1) is 0 Å². The van der Waals surface area contributed by atoms with Crippen molar-refractivity contribution < 1.29 is 4.79 Å². The Balaban J connectivity index is 2.20. The molecule has 0 spiro atoms. The fourth-order valence-electron chi connectivity index (χ4n) is 2.14. The molecule has 4 nitrogen and oxygen atoms in total. The van der Waals surface area contributed by atoms with E-state index < -0.39 is 0 Å². The van der Waals surface area contributed by atoms with Crippen LogP contribution in [0.5, 0.6) is 0 Å². The number of hydrogen-bond acceptors (Lipinski definition) is 3. The highest BCUT2D eigenvalue weighted by Crippen LogP contribution is 2.20. The van der Waals surface area contributed by atoms with Gasteiger partial charge in [-0.2, -0.15) is 0 Å². The van der Waals surface area contributed by atoms with Gasteiger partial charge < -0.3 is 16.0 Å². The van der Waals surface area contributed by atoms with Gasteiger partial charge in [0.05, 0.1) is 0 Å². The number of nitrogens with two attached hydrogens (primary N) is 1. The van der Waals surface area contributed by atoms with E-state index in [1.807, 2.05) is 6.92 Å². The summed E-state index contributed by atoms with van der Waals surface area (Å²) in [5, 5.41) is 2.68. The third kappa shape index (κ3) is 4.62. The minimum absolute atomic E-state index is 0.167. The summed E-state index contributed by atoms with van der Waals surface area (Å²) in [6.07, 6.45) is 2.93. The molecule has 1 heterocycles. The van der Waals surface area contributed by atoms with Gasteiger partial charge >= 0.3 is 0 Å². The van der Waals surface area contributed by atoms with Crippen molar-refractivity contribution in [3.05, 3.63) is 0 Å². The molecule has 1 fully saturated rings. The molecule has 0 aromatic rings. The number of likely N-dealkylation sites (tertiary alicyclic amines) is 1. The molecule has 4 heteroatoms. The van der Waals surface area contributed by atoms with Crippen LogP contribution in [0.4, 0.5) is 0 Å². The summed E-state index contributed by atoms with van der Waals surface area (Å²) in [5.74, 6) is 0.731. The standard InChI is InChI=1S/C11H23N3O/c1-9(12)8-14-5-3-10(4-6-14)7-11(15)13-2/h9-10H,3-8,12H2,1-2H3,(H,13,15). The van der Waals surface area contributed by atoms with E-state index in [0.29, 0.717) is 12.3 Å². The van der Waals surface area contributed by atoms with Gasteiger partial charge in [0, 0.05) is 26.1 Å². The van der Waals surface area contributed by atoms with Gasteiger partial charge in [-0.25, -0.2) is 0 Å². The number of nitrogens with one attached hydrogen (secondary N) is 1. The van der Waals surface area contributed by atoms with Gasteiger partial charge in [0.15, 0.2) is 0 Å². The summed E-state index contributed by atoms with van der Waals surface area (Å²) in [7, 11) is 1.70. The van der Waals surface area contributed by atoms with E-state index in [4.69, 9.17) is 5.73 Å². The first-order valence-corrected chi connectivity index (χ1v) is 5.80. The summed E-state index contributed by atoms with van der Waals surface area (Å²) in [5.41, 5.74) is 5.75. The van der Waals surface area contributed by atoms with Gasteiger partial charge in [-0.1, -0.05) is 0 Å². The van der Waals surface area contributed by atoms with Crippen molar-refractivity contribution >= 4 is 5.91 Å². The zero-order chi connectivity index (χ0) is 11.3. The van der Waals surface area contributed by atoms with E-state index in [2.05, 4.69) is 10.2 Å². The second kappa shape index (κ2) is 6.08. The van der Waals surface area contributed by atoms with Gasteiger partial charge in [-0.3, -0.25) is 4.79 Å². The Kier molecular flexibility index (Phi) is 5.05. The van der Waals surface area contributed by atoms with Crippen molar-refractivity contribution in [2.24, 2.45) is 11.7 Å². The number of rotatable bonds is 4. The molecule has 0 radical (unpaired) electrons. The normalized spacial score (nSPS) is 21.3. The van der Waals surface area contributed by atoms with E-state index in [0.717, 1.165) is 32.5 Å². The third-order valence-electron chi connectivity index (χ3n) is 3.01. The number of piperidine rings is 1. The Morgan fingerprint density at radius 2 is 2.13 bits per heavy atom. The molecule has 1 saturated heterocycles. The van der Waals surface area contributed by atoms with Crippen molar-refractivity contribution in [2.45, 2.75) is 32.2 Å². The number of carbonyl (C=O) groups excluding carboxylic acids is 1. The van der Waals surface area contributed by atoms with Crippen molar-refractivity contribution in [3.8, 4) is 0 Å². The third-order valence-corrected chi connectivity index (χ3v) is 3.01. The molecule has 0 saturated carbocycles. The quantitative estimate of drug-likeness (QED) is 0.700. The van der Waals surface area contributed by atoms with Crippen molar-refractivity contribution in [1.82, 2.24) is 10.2 Å². The maximum atomic E-state index is 11.2. The minimum Gasteiger partial charge on any atom is -0.359 e. The molecule has 1 rings (SSSR count). The van der Waals surface area contributed by atoms with Crippen molar-refractivity contribution in [3.63, 3.8) is 0 Å². The highest BCUT2D eigenvalue weighted by atomic mass is 16.1. The predicted molar refractivity (Wildman–Crippen MR) is 61.5 cm³/mol. The van der Waals surface area contributed by atoms with Crippen molar-refractivity contribution in [2.75, 3.05) is 26.7 Å². The number of amides is 1. The van der Waals surface area contributed by atoms with Crippen LogP contribution in [0.15, 0.2) is 0 Å². The molecule has 1 aliphatic rings. The SMILES string of the molecule is CNC(=O)CC1CCN(CC(C)N)CC1. The number of carbonyl (C=O) groups is 1. The fraction of sp³-hybridized carbons (Fsp3) is 0.909. The lowest BCUT2D eigenvalue weighted by molar-refractivity contribution is -0.121. The lowest BCUT2D eigenvalue weighted by atomic mass is 9.93. The molecule has 0 bridgehead atoms. The van der Waals surface area contributed by atoms with Crippen LogP contribution in [0.25, 0.3) is 0 Å². The summed E-state index contributed by atoms with van der Waals surface area (Å²) in [4.78, 5) is 13.6. The molecular formula is C11H23N3O. The molecule has 1 atom stereocenters. The van der Waals surface area contributed by atoms with Gasteiger partial charge in [0.25, 0.3) is 0 Å². The highest BCUT2D eigenvalue weighted by molar-refractivity contribution is 5.75. The Bertz CT molecular complexity index is 198. The Labute approximate surface area is 92.2 Å². The van der Waals surface area contributed by atoms with E-state index in [-0.39, 0.29) is 11.9 Å². The number of nitrogens with zero attached hydrogens (tertiary/aromatic N) is 1. The molecule has 0 aromatic heterocycles. The van der Waals surface area contributed by atoms with Crippen LogP contribution in [0.1, 0.15) is 26.2 Å². The summed E-state index contributed by atoms with van der Waals surface area (Å²) in [6, 6.07) is 0.250. The largest absolute Gasteiger partial charge is 0.359 e. The molecule has 1 aliphatic heterocycles. The van der Waals surface area contributed by atoms with Gasteiger partial charge in [0.1, 0.15) is 0 Å². The highest BCUT2D eigenvalue weighted by Gasteiger charge is 2.21. The first kappa shape index (κ1) is 12.5. The first-order valence-electron chi connectivity index (χ1n) is 5.80. The molecule has 3 N–H and O–H groups in total. The van der Waals surface area contributed by atoms with Crippen LogP contribution in [0, 0.1) is 5.92 Å². The summed E-state index contributed by atoms with van der Waals surface area (Å²) < 4.78 is 0. The van der Waals surface area contributed by atoms with Crippen LogP contribution in [0.2, 0.25) is 0 Å². The van der Waals surface area contributed by atoms with Crippen LogP contribution < -0.4 is 11.1 Å². The van der Waals surface area contributed by atoms with Gasteiger partial charge in [0.2, 0.25) is 5.91 Å². The molecule has 0 aliphatic carbocycles. The summed E-state index contributed by atoms with van der Waals surface area (Å²) in [6.45, 7) is 5.19. The zero-order valence-corrected chi connectivity index (χ0v) is 9.83. The van der Waals surface area contributed by atoms with Crippen LogP contribution in [0.3, 0.4) is 0 Å². The topological polar surface area (TPSA) is 58.4 Å². The maximum absolute atomic E-state index is 11.2. The van der Waals surface area contributed by atoms with Crippen LogP contribution in [-0.2, 0) is 4.79 Å². The molecule has 1 amide bonds. The van der Waals surface area contributed by atoms with Crippen LogP contribution in [-0.4, -0.2) is 43.5 Å². The van der Waals surface area contributed by atoms with E-state index >= 15 is 0 Å². The molecular weight excluding hydrogens is 190 g/mol. The fourth-order valence-corrected chi connectivity index (χ4v) is 2.14. The average molecular weight is 213 g/mol.